The molecule has 0 fully saturated rings. The van der Waals surface area contributed by atoms with Crippen molar-refractivity contribution >= 4 is 23.2 Å². The fourth-order valence-electron chi connectivity index (χ4n) is 2.57. The molecule has 0 bridgehead atoms. The fourth-order valence-corrected chi connectivity index (χ4v) is 3.45. The highest BCUT2D eigenvalue weighted by Crippen LogP contribution is 2.30. The molecule has 2 nitrogen and oxygen atoms in total. The van der Waals surface area contributed by atoms with E-state index in [-0.39, 0.29) is 11.8 Å². The first kappa shape index (κ1) is 28.8. The van der Waals surface area contributed by atoms with Gasteiger partial charge in [-0.15, -0.1) is 11.8 Å². The van der Waals surface area contributed by atoms with Crippen LogP contribution >= 0.6 is 11.8 Å². The lowest BCUT2D eigenvalue weighted by Crippen LogP contribution is -2.16. The van der Waals surface area contributed by atoms with Crippen LogP contribution in [0, 0.1) is 23.7 Å². The molecule has 0 aromatic heterocycles. The van der Waals surface area contributed by atoms with Crippen LogP contribution in [-0.4, -0.2) is 11.9 Å². The Labute approximate surface area is 201 Å². The number of hydrogen-bond acceptors (Lipinski definition) is 3. The molecule has 0 N–H and O–H groups in total. The van der Waals surface area contributed by atoms with Crippen molar-refractivity contribution in [3.8, 4) is 6.07 Å². The van der Waals surface area contributed by atoms with E-state index in [9.17, 15) is 13.2 Å². The van der Waals surface area contributed by atoms with E-state index in [2.05, 4.69) is 58.9 Å². The second kappa shape index (κ2) is 13.4. The zero-order chi connectivity index (χ0) is 25.1. The zero-order valence-corrected chi connectivity index (χ0v) is 21.3. The summed E-state index contributed by atoms with van der Waals surface area (Å²) in [5.41, 5.74) is 5.38. The van der Waals surface area contributed by atoms with Crippen LogP contribution in [0.15, 0.2) is 52.4 Å². The van der Waals surface area contributed by atoms with Crippen molar-refractivity contribution in [3.63, 3.8) is 0 Å². The highest BCUT2D eigenvalue weighted by Gasteiger charge is 2.25. The largest absolute Gasteiger partial charge is 0.389 e. The molecule has 2 aromatic rings. The number of hydrogen-bond donors (Lipinski definition) is 0. The maximum Gasteiger partial charge on any atom is 0.389 e. The molecule has 180 valence electrons. The third-order valence-corrected chi connectivity index (χ3v) is 6.17. The minimum atomic E-state index is -3.95. The maximum absolute atomic E-state index is 11.4. The van der Waals surface area contributed by atoms with Gasteiger partial charge in [-0.2, -0.15) is 18.4 Å². The highest BCUT2D eigenvalue weighted by molar-refractivity contribution is 7.98. The van der Waals surface area contributed by atoms with Gasteiger partial charge in [0.25, 0.3) is 0 Å². The highest BCUT2D eigenvalue weighted by atomic mass is 32.2. The number of thioether (sulfide) groups is 1. The molecule has 0 unspecified atom stereocenters. The molecule has 0 heterocycles. The smallest absolute Gasteiger partial charge is 0.257 e. The summed E-state index contributed by atoms with van der Waals surface area (Å²) in [6.45, 7) is 12.6. The lowest BCUT2D eigenvalue weighted by atomic mass is 9.91. The van der Waals surface area contributed by atoms with Gasteiger partial charge in [-0.3, -0.25) is 4.99 Å². The van der Waals surface area contributed by atoms with Crippen LogP contribution < -0.4 is 0 Å². The van der Waals surface area contributed by atoms with Gasteiger partial charge in [0.15, 0.2) is 0 Å². The number of halogens is 3. The fraction of sp³-hybridized carbons (Fsp3) is 0.481. The molecule has 2 aromatic carbocycles. The molecule has 0 saturated carbocycles. The van der Waals surface area contributed by atoms with Crippen LogP contribution in [0.2, 0.25) is 0 Å². The number of alkyl halides is 3. The van der Waals surface area contributed by atoms with E-state index in [1.807, 2.05) is 31.2 Å². The Bertz CT molecular complexity index is 934. The van der Waals surface area contributed by atoms with Crippen molar-refractivity contribution < 1.29 is 13.2 Å². The summed E-state index contributed by atoms with van der Waals surface area (Å²) >= 11 is 1.79. The lowest BCUT2D eigenvalue weighted by Gasteiger charge is -2.18. The van der Waals surface area contributed by atoms with E-state index in [0.29, 0.717) is 12.0 Å². The number of unbranched alkanes of at least 4 members (excludes halogenated alkanes) is 2. The molecule has 0 aliphatic carbocycles. The van der Waals surface area contributed by atoms with Gasteiger partial charge in [-0.05, 0) is 61.1 Å². The minimum Gasteiger partial charge on any atom is -0.257 e. The Hall–Kier alpha value is -2.26. The maximum atomic E-state index is 11.4. The Morgan fingerprint density at radius 3 is 2.18 bits per heavy atom. The van der Waals surface area contributed by atoms with Crippen molar-refractivity contribution in [2.75, 3.05) is 0 Å². The standard InChI is InChI=1S/C21H24N2S.C6H11F3/c1-15-6-11-19(12-20(15)23-16(2)21(3,4)5)24-14-18-9-7-17(13-22)8-10-18;1-2-3-4-5-6(7,8)9/h6-12H,14H2,1-5H3;2-5H2,1H3. The molecule has 2 rings (SSSR count). The normalized spacial score (nSPS) is 12.1. The lowest BCUT2D eigenvalue weighted by molar-refractivity contribution is -0.135. The van der Waals surface area contributed by atoms with Gasteiger partial charge in [0.1, 0.15) is 0 Å². The van der Waals surface area contributed by atoms with E-state index in [1.165, 1.54) is 16.0 Å². The minimum absolute atomic E-state index is 0.0814. The molecular formula is C27H35F3N2S. The summed E-state index contributed by atoms with van der Waals surface area (Å²) < 4.78 is 34.1. The molecule has 0 atom stereocenters. The third kappa shape index (κ3) is 12.0. The summed E-state index contributed by atoms with van der Waals surface area (Å²) in [6, 6.07) is 16.4. The van der Waals surface area contributed by atoms with Crippen LogP contribution in [0.3, 0.4) is 0 Å². The average Bonchev–Trinajstić information content (AvgIpc) is 2.73. The first-order valence-corrected chi connectivity index (χ1v) is 12.2. The van der Waals surface area contributed by atoms with E-state index in [0.717, 1.165) is 23.6 Å². The summed E-state index contributed by atoms with van der Waals surface area (Å²) in [7, 11) is 0. The molecular weight excluding hydrogens is 441 g/mol. The van der Waals surface area contributed by atoms with E-state index in [4.69, 9.17) is 10.3 Å². The molecule has 0 amide bonds. The third-order valence-electron chi connectivity index (χ3n) is 5.11. The second-order valence-electron chi connectivity index (χ2n) is 9.07. The molecule has 0 aliphatic heterocycles. The number of aliphatic imine (C=N–C) groups is 1. The van der Waals surface area contributed by atoms with Crippen molar-refractivity contribution in [2.24, 2.45) is 10.4 Å². The zero-order valence-electron chi connectivity index (χ0n) is 20.5. The van der Waals surface area contributed by atoms with Gasteiger partial charge in [-0.25, -0.2) is 0 Å². The van der Waals surface area contributed by atoms with Gasteiger partial charge >= 0.3 is 6.18 Å². The van der Waals surface area contributed by atoms with Crippen molar-refractivity contribution in [1.82, 2.24) is 0 Å². The predicted molar refractivity (Wildman–Crippen MR) is 134 cm³/mol. The molecule has 33 heavy (non-hydrogen) atoms. The Kier molecular flexibility index (Phi) is 11.7. The van der Waals surface area contributed by atoms with E-state index >= 15 is 0 Å². The van der Waals surface area contributed by atoms with Gasteiger partial charge in [0, 0.05) is 22.8 Å². The molecule has 0 radical (unpaired) electrons. The Morgan fingerprint density at radius 2 is 1.67 bits per heavy atom. The first-order chi connectivity index (χ1) is 15.4. The number of rotatable bonds is 7. The van der Waals surface area contributed by atoms with Crippen LogP contribution in [0.4, 0.5) is 18.9 Å². The van der Waals surface area contributed by atoms with Gasteiger partial charge < -0.3 is 0 Å². The summed E-state index contributed by atoms with van der Waals surface area (Å²) in [6.07, 6.45) is -2.77. The van der Waals surface area contributed by atoms with Gasteiger partial charge in [0.05, 0.1) is 17.3 Å². The van der Waals surface area contributed by atoms with E-state index in [1.54, 1.807) is 11.8 Å². The Morgan fingerprint density at radius 1 is 1.03 bits per heavy atom. The summed E-state index contributed by atoms with van der Waals surface area (Å²) in [5, 5.41) is 8.85. The quantitative estimate of drug-likeness (QED) is 0.227. The van der Waals surface area contributed by atoms with Gasteiger partial charge in [0.2, 0.25) is 0 Å². The summed E-state index contributed by atoms with van der Waals surface area (Å²) in [5.74, 6) is 0.885. The van der Waals surface area contributed by atoms with E-state index < -0.39 is 12.6 Å². The SMILES string of the molecule is CC(=Nc1cc(SCc2ccc(C#N)cc2)ccc1C)C(C)(C)C.CCCCCC(F)(F)F. The monoisotopic (exact) mass is 476 g/mol. The number of nitrogens with zero attached hydrogens (tertiary/aromatic N) is 2. The van der Waals surface area contributed by atoms with Crippen LogP contribution in [0.1, 0.15) is 77.0 Å². The van der Waals surface area contributed by atoms with Crippen LogP contribution in [0.5, 0.6) is 0 Å². The molecule has 0 saturated heterocycles. The summed E-state index contributed by atoms with van der Waals surface area (Å²) in [4.78, 5) is 6.05. The van der Waals surface area contributed by atoms with Crippen LogP contribution in [0.25, 0.3) is 0 Å². The topological polar surface area (TPSA) is 36.1 Å². The van der Waals surface area contributed by atoms with Gasteiger partial charge in [-0.1, -0.05) is 58.7 Å². The second-order valence-corrected chi connectivity index (χ2v) is 10.1. The number of nitriles is 1. The first-order valence-electron chi connectivity index (χ1n) is 11.2. The molecule has 0 aliphatic rings. The van der Waals surface area contributed by atoms with Crippen LogP contribution in [-0.2, 0) is 5.75 Å². The predicted octanol–water partition coefficient (Wildman–Crippen LogP) is 9.43. The van der Waals surface area contributed by atoms with Crippen molar-refractivity contribution in [1.29, 1.82) is 5.26 Å². The average molecular weight is 477 g/mol. The molecule has 6 heteroatoms. The molecule has 0 spiro atoms. The number of aryl methyl sites for hydroxylation is 1. The Balaban J connectivity index is 0.000000513. The van der Waals surface area contributed by atoms with Crippen molar-refractivity contribution in [3.05, 3.63) is 59.2 Å². The van der Waals surface area contributed by atoms with Crippen molar-refractivity contribution in [2.45, 2.75) is 84.1 Å². The number of benzene rings is 2.